The molecule has 0 aliphatic rings. The van der Waals surface area contributed by atoms with Gasteiger partial charge in [-0.25, -0.2) is 0 Å². The Morgan fingerprint density at radius 2 is 1.64 bits per heavy atom. The first-order chi connectivity index (χ1) is 10.2. The Kier molecular flexibility index (Phi) is 13.5. The molecule has 1 unspecified atom stereocenters. The Morgan fingerprint density at radius 1 is 1.23 bits per heavy atom. The average molecular weight is 326 g/mol. The lowest BCUT2D eigenvalue weighted by Crippen LogP contribution is -2.34. The molecule has 0 aliphatic carbocycles. The van der Waals surface area contributed by atoms with Crippen LogP contribution in [0.15, 0.2) is 30.3 Å². The zero-order valence-corrected chi connectivity index (χ0v) is 12.5. The zero-order valence-electron chi connectivity index (χ0n) is 12.5. The molecule has 0 aromatic heterocycles. The number of hydrogen-bond acceptors (Lipinski definition) is 4. The van der Waals surface area contributed by atoms with E-state index in [1.165, 1.54) is 0 Å². The van der Waals surface area contributed by atoms with E-state index in [0.29, 0.717) is 13.0 Å². The molecule has 0 fully saturated rings. The molecule has 0 saturated heterocycles. The summed E-state index contributed by atoms with van der Waals surface area (Å²) in [5.74, 6) is -0.337. The van der Waals surface area contributed by atoms with Crippen LogP contribution in [0.5, 0.6) is 0 Å². The molecule has 0 aliphatic heterocycles. The van der Waals surface area contributed by atoms with Gasteiger partial charge in [-0.3, -0.25) is 4.79 Å². The standard InChI is InChI=1S/C11H15NO2.C2H6O.BF4/c1-2-14-11(13)10(12)8-9-6-4-3-5-7-9;1-2-3;2-1(3,4)5/h3-7,10H,2,8,12H2,1H3;3H,2H2,1H3;/q;;-1. The number of aliphatic hydroxyl groups excluding tert-OH is 1. The lowest BCUT2D eigenvalue weighted by atomic mass is 10.1. The van der Waals surface area contributed by atoms with E-state index in [4.69, 9.17) is 15.6 Å². The highest BCUT2D eigenvalue weighted by atomic mass is 19.5. The van der Waals surface area contributed by atoms with Crippen molar-refractivity contribution in [2.75, 3.05) is 13.2 Å². The van der Waals surface area contributed by atoms with Crippen LogP contribution >= 0.6 is 0 Å². The predicted octanol–water partition coefficient (Wildman–Crippen LogP) is 2.42. The molecule has 0 heterocycles. The second-order valence-corrected chi connectivity index (χ2v) is 3.86. The fourth-order valence-electron chi connectivity index (χ4n) is 1.20. The molecule has 22 heavy (non-hydrogen) atoms. The molecule has 0 saturated carbocycles. The Morgan fingerprint density at radius 3 is 2.00 bits per heavy atom. The number of aliphatic hydroxyl groups is 1. The van der Waals surface area contributed by atoms with E-state index in [0.717, 1.165) is 5.56 Å². The fourth-order valence-corrected chi connectivity index (χ4v) is 1.20. The minimum atomic E-state index is -6.00. The van der Waals surface area contributed by atoms with E-state index in [9.17, 15) is 22.1 Å². The highest BCUT2D eigenvalue weighted by Gasteiger charge is 2.20. The first-order valence-corrected chi connectivity index (χ1v) is 6.59. The van der Waals surface area contributed by atoms with Crippen LogP contribution in [0.3, 0.4) is 0 Å². The van der Waals surface area contributed by atoms with Gasteiger partial charge in [-0.05, 0) is 25.8 Å². The average Bonchev–Trinajstić information content (AvgIpc) is 2.39. The van der Waals surface area contributed by atoms with Crippen molar-refractivity contribution >= 4 is 13.2 Å². The molecular weight excluding hydrogens is 305 g/mol. The van der Waals surface area contributed by atoms with Gasteiger partial charge in [-0.15, -0.1) is 0 Å². The van der Waals surface area contributed by atoms with Crippen molar-refractivity contribution in [3.8, 4) is 0 Å². The van der Waals surface area contributed by atoms with Gasteiger partial charge in [0.25, 0.3) is 0 Å². The maximum absolute atomic E-state index is 11.2. The van der Waals surface area contributed by atoms with Crippen molar-refractivity contribution in [1.29, 1.82) is 0 Å². The van der Waals surface area contributed by atoms with Gasteiger partial charge in [0.15, 0.2) is 0 Å². The highest BCUT2D eigenvalue weighted by molar-refractivity contribution is 6.50. The van der Waals surface area contributed by atoms with Crippen molar-refractivity contribution in [1.82, 2.24) is 0 Å². The van der Waals surface area contributed by atoms with Crippen molar-refractivity contribution in [2.45, 2.75) is 26.3 Å². The van der Waals surface area contributed by atoms with Crippen molar-refractivity contribution in [3.05, 3.63) is 35.9 Å². The summed E-state index contributed by atoms with van der Waals surface area (Å²) in [5, 5.41) is 7.57. The summed E-state index contributed by atoms with van der Waals surface area (Å²) in [4.78, 5) is 11.2. The molecule has 4 nitrogen and oxygen atoms in total. The molecular formula is C13H21BF4NO3-. The normalized spacial score (nSPS) is 11.3. The molecule has 0 bridgehead atoms. The van der Waals surface area contributed by atoms with Crippen LogP contribution in [0, 0.1) is 0 Å². The van der Waals surface area contributed by atoms with Gasteiger partial charge in [0.2, 0.25) is 0 Å². The smallest absolute Gasteiger partial charge is 0.465 e. The first kappa shape index (κ1) is 22.7. The van der Waals surface area contributed by atoms with E-state index in [-0.39, 0.29) is 12.6 Å². The number of hydrogen-bond donors (Lipinski definition) is 2. The van der Waals surface area contributed by atoms with Crippen molar-refractivity contribution < 1.29 is 31.9 Å². The van der Waals surface area contributed by atoms with Gasteiger partial charge in [0.1, 0.15) is 6.04 Å². The van der Waals surface area contributed by atoms with Crippen LogP contribution in [0.2, 0.25) is 0 Å². The number of carbonyl (C=O) groups is 1. The number of benzene rings is 1. The molecule has 1 rings (SSSR count). The molecule has 9 heteroatoms. The second-order valence-electron chi connectivity index (χ2n) is 3.86. The minimum absolute atomic E-state index is 0.250. The van der Waals surface area contributed by atoms with Crippen LogP contribution in [0.25, 0.3) is 0 Å². The monoisotopic (exact) mass is 326 g/mol. The molecule has 3 N–H and O–H groups in total. The molecule has 1 aromatic carbocycles. The van der Waals surface area contributed by atoms with E-state index in [1.807, 2.05) is 30.3 Å². The largest absolute Gasteiger partial charge is 0.673 e. The number of ether oxygens (including phenoxy) is 1. The summed E-state index contributed by atoms with van der Waals surface area (Å²) in [6, 6.07) is 9.11. The topological polar surface area (TPSA) is 72.5 Å². The maximum atomic E-state index is 11.2. The Labute approximate surface area is 127 Å². The van der Waals surface area contributed by atoms with Gasteiger partial charge in [0.05, 0.1) is 6.61 Å². The predicted molar refractivity (Wildman–Crippen MR) is 77.7 cm³/mol. The quantitative estimate of drug-likeness (QED) is 0.506. The third-order valence-corrected chi connectivity index (χ3v) is 1.89. The van der Waals surface area contributed by atoms with Crippen LogP contribution in [0.1, 0.15) is 19.4 Å². The summed E-state index contributed by atoms with van der Waals surface area (Å²) in [5.41, 5.74) is 6.71. The van der Waals surface area contributed by atoms with Gasteiger partial charge in [-0.1, -0.05) is 30.3 Å². The highest BCUT2D eigenvalue weighted by Crippen LogP contribution is 2.06. The van der Waals surface area contributed by atoms with Crippen LogP contribution in [-0.2, 0) is 16.0 Å². The van der Waals surface area contributed by atoms with E-state index in [2.05, 4.69) is 0 Å². The molecule has 0 spiro atoms. The number of halogens is 4. The van der Waals surface area contributed by atoms with Crippen LogP contribution in [-0.4, -0.2) is 37.6 Å². The van der Waals surface area contributed by atoms with Crippen LogP contribution in [0.4, 0.5) is 17.3 Å². The van der Waals surface area contributed by atoms with E-state index >= 15 is 0 Å². The number of carbonyl (C=O) groups excluding carboxylic acids is 1. The molecule has 1 atom stereocenters. The molecule has 0 radical (unpaired) electrons. The third kappa shape index (κ3) is 18.4. The van der Waals surface area contributed by atoms with E-state index < -0.39 is 13.3 Å². The second kappa shape index (κ2) is 13.1. The van der Waals surface area contributed by atoms with Crippen LogP contribution < -0.4 is 5.73 Å². The number of nitrogens with two attached hydrogens (primary N) is 1. The lowest BCUT2D eigenvalue weighted by Gasteiger charge is -2.09. The van der Waals surface area contributed by atoms with Gasteiger partial charge in [-0.2, -0.15) is 0 Å². The molecule has 128 valence electrons. The minimum Gasteiger partial charge on any atom is -0.465 e. The Hall–Kier alpha value is -1.61. The van der Waals surface area contributed by atoms with Crippen molar-refractivity contribution in [3.63, 3.8) is 0 Å². The fraction of sp³-hybridized carbons (Fsp3) is 0.462. The Bertz CT molecular complexity index is 385. The molecule has 1 aromatic rings. The SMILES string of the molecule is CCO.CCOC(=O)C(N)Cc1ccccc1.F[B-](F)(F)F. The van der Waals surface area contributed by atoms with Gasteiger partial charge in [0, 0.05) is 6.61 Å². The lowest BCUT2D eigenvalue weighted by molar-refractivity contribution is -0.144. The maximum Gasteiger partial charge on any atom is 0.673 e. The summed E-state index contributed by atoms with van der Waals surface area (Å²) in [7, 11) is -6.00. The third-order valence-electron chi connectivity index (χ3n) is 1.89. The summed E-state index contributed by atoms with van der Waals surface area (Å²) in [6.45, 7) is 4.08. The summed E-state index contributed by atoms with van der Waals surface area (Å²) >= 11 is 0. The van der Waals surface area contributed by atoms with Gasteiger partial charge >= 0.3 is 13.2 Å². The summed E-state index contributed by atoms with van der Waals surface area (Å²) < 4.78 is 43.8. The van der Waals surface area contributed by atoms with E-state index in [1.54, 1.807) is 13.8 Å². The first-order valence-electron chi connectivity index (χ1n) is 6.59. The number of rotatable bonds is 4. The number of esters is 1. The zero-order chi connectivity index (χ0) is 17.6. The van der Waals surface area contributed by atoms with Gasteiger partial charge < -0.3 is 32.8 Å². The molecule has 0 amide bonds. The van der Waals surface area contributed by atoms with Crippen molar-refractivity contribution in [2.24, 2.45) is 5.73 Å². The Balaban J connectivity index is 0. The summed E-state index contributed by atoms with van der Waals surface area (Å²) in [6.07, 6.45) is 0.527.